The summed E-state index contributed by atoms with van der Waals surface area (Å²) >= 11 is 5.94. The van der Waals surface area contributed by atoms with Crippen LogP contribution in [-0.4, -0.2) is 28.9 Å². The predicted octanol–water partition coefficient (Wildman–Crippen LogP) is 4.37. The number of aliphatic hydroxyl groups is 1. The minimum atomic E-state index is -0.846. The van der Waals surface area contributed by atoms with E-state index in [-0.39, 0.29) is 11.3 Å². The molecular weight excluding hydrogens is 404 g/mol. The van der Waals surface area contributed by atoms with Crippen molar-refractivity contribution in [3.63, 3.8) is 0 Å². The van der Waals surface area contributed by atoms with E-state index in [1.807, 2.05) is 0 Å². The Hall–Kier alpha value is -3.64. The number of ketones is 1. The standard InChI is InChI=1S/C23H17ClN2O4/c1-30-17-11-7-14(8-12-17)20-19(21(27)15-5-9-16(24)10-6-15)22(28)23(29)26(20)18-4-2-3-13-25-18/h2-13,20,27H,1H3. The number of Topliss-reactive ketones (excluding diaryl/α,β-unsaturated/α-hetero) is 1. The molecule has 1 saturated heterocycles. The molecule has 0 spiro atoms. The highest BCUT2D eigenvalue weighted by atomic mass is 35.5. The van der Waals surface area contributed by atoms with E-state index < -0.39 is 17.7 Å². The van der Waals surface area contributed by atoms with Crippen molar-refractivity contribution in [1.82, 2.24) is 4.98 Å². The van der Waals surface area contributed by atoms with Crippen LogP contribution in [-0.2, 0) is 9.59 Å². The van der Waals surface area contributed by atoms with Crippen molar-refractivity contribution in [2.45, 2.75) is 6.04 Å². The number of halogens is 1. The van der Waals surface area contributed by atoms with Gasteiger partial charge in [-0.2, -0.15) is 0 Å². The zero-order chi connectivity index (χ0) is 21.3. The number of amides is 1. The predicted molar refractivity (Wildman–Crippen MR) is 113 cm³/mol. The van der Waals surface area contributed by atoms with Crippen molar-refractivity contribution in [3.8, 4) is 5.75 Å². The fourth-order valence-corrected chi connectivity index (χ4v) is 3.56. The first kappa shape index (κ1) is 19.7. The molecule has 1 unspecified atom stereocenters. The Kier molecular flexibility index (Phi) is 5.25. The van der Waals surface area contributed by atoms with E-state index in [4.69, 9.17) is 16.3 Å². The Morgan fingerprint density at radius 3 is 2.33 bits per heavy atom. The number of hydrogen-bond donors (Lipinski definition) is 1. The van der Waals surface area contributed by atoms with Gasteiger partial charge in [0.05, 0.1) is 18.7 Å². The second-order valence-electron chi connectivity index (χ2n) is 6.64. The molecular formula is C23H17ClN2O4. The van der Waals surface area contributed by atoms with Crippen LogP contribution >= 0.6 is 11.6 Å². The van der Waals surface area contributed by atoms with E-state index in [2.05, 4.69) is 4.98 Å². The van der Waals surface area contributed by atoms with Gasteiger partial charge in [-0.25, -0.2) is 4.98 Å². The zero-order valence-corrected chi connectivity index (χ0v) is 16.7. The highest BCUT2D eigenvalue weighted by Crippen LogP contribution is 2.41. The molecule has 1 aromatic heterocycles. The number of pyridine rings is 1. The number of hydrogen-bond acceptors (Lipinski definition) is 5. The number of aliphatic hydroxyl groups excluding tert-OH is 1. The van der Waals surface area contributed by atoms with Crippen molar-refractivity contribution in [3.05, 3.63) is 94.6 Å². The second-order valence-corrected chi connectivity index (χ2v) is 7.07. The van der Waals surface area contributed by atoms with Gasteiger partial charge < -0.3 is 9.84 Å². The maximum absolute atomic E-state index is 13.0. The lowest BCUT2D eigenvalue weighted by Crippen LogP contribution is -2.30. The Balaban J connectivity index is 1.92. The molecule has 1 fully saturated rings. The lowest BCUT2D eigenvalue weighted by atomic mass is 9.95. The third-order valence-corrected chi connectivity index (χ3v) is 5.14. The van der Waals surface area contributed by atoms with E-state index >= 15 is 0 Å². The highest BCUT2D eigenvalue weighted by molar-refractivity contribution is 6.51. The van der Waals surface area contributed by atoms with Crippen molar-refractivity contribution >= 4 is 34.9 Å². The minimum Gasteiger partial charge on any atom is -0.507 e. The van der Waals surface area contributed by atoms with Gasteiger partial charge in [-0.05, 0) is 54.1 Å². The minimum absolute atomic E-state index is 0.0156. The normalized spacial score (nSPS) is 17.9. The van der Waals surface area contributed by atoms with Gasteiger partial charge in [0.1, 0.15) is 17.3 Å². The maximum atomic E-state index is 13.0. The number of carbonyl (C=O) groups excluding carboxylic acids is 2. The van der Waals surface area contributed by atoms with E-state index in [9.17, 15) is 14.7 Å². The molecule has 1 aliphatic rings. The van der Waals surface area contributed by atoms with Crippen LogP contribution in [0.3, 0.4) is 0 Å². The lowest BCUT2D eigenvalue weighted by Gasteiger charge is -2.24. The van der Waals surface area contributed by atoms with E-state index in [1.165, 1.54) is 4.90 Å². The molecule has 150 valence electrons. The van der Waals surface area contributed by atoms with Crippen molar-refractivity contribution in [2.24, 2.45) is 0 Å². The molecule has 30 heavy (non-hydrogen) atoms. The number of methoxy groups -OCH3 is 1. The summed E-state index contributed by atoms with van der Waals surface area (Å²) in [7, 11) is 1.55. The highest BCUT2D eigenvalue weighted by Gasteiger charge is 2.47. The molecule has 0 aliphatic carbocycles. The summed E-state index contributed by atoms with van der Waals surface area (Å²) in [6.45, 7) is 0. The monoisotopic (exact) mass is 420 g/mol. The number of ether oxygens (including phenoxy) is 1. The van der Waals surface area contributed by atoms with E-state index in [1.54, 1.807) is 80.0 Å². The van der Waals surface area contributed by atoms with Gasteiger partial charge >= 0.3 is 5.91 Å². The quantitative estimate of drug-likeness (QED) is 0.385. The summed E-state index contributed by atoms with van der Waals surface area (Å²) in [5, 5.41) is 11.5. The molecule has 1 atom stereocenters. The molecule has 1 amide bonds. The lowest BCUT2D eigenvalue weighted by molar-refractivity contribution is -0.132. The van der Waals surface area contributed by atoms with Crippen LogP contribution in [0.1, 0.15) is 17.2 Å². The summed E-state index contributed by atoms with van der Waals surface area (Å²) in [6.07, 6.45) is 1.54. The van der Waals surface area contributed by atoms with Gasteiger partial charge in [0.15, 0.2) is 0 Å². The zero-order valence-electron chi connectivity index (χ0n) is 15.9. The van der Waals surface area contributed by atoms with Gasteiger partial charge in [0.2, 0.25) is 0 Å². The molecule has 6 nitrogen and oxygen atoms in total. The van der Waals surface area contributed by atoms with Gasteiger partial charge in [0, 0.05) is 16.8 Å². The second kappa shape index (κ2) is 8.00. The number of anilines is 1. The summed E-state index contributed by atoms with van der Waals surface area (Å²) in [6, 6.07) is 17.6. The van der Waals surface area contributed by atoms with Gasteiger partial charge in [-0.3, -0.25) is 14.5 Å². The fourth-order valence-electron chi connectivity index (χ4n) is 3.43. The molecule has 3 aromatic rings. The smallest absolute Gasteiger partial charge is 0.301 e. The number of benzene rings is 2. The summed E-state index contributed by atoms with van der Waals surface area (Å²) in [5.41, 5.74) is 1.01. The van der Waals surface area contributed by atoms with Crippen LogP contribution in [0.5, 0.6) is 5.75 Å². The number of aromatic nitrogens is 1. The summed E-state index contributed by atoms with van der Waals surface area (Å²) in [5.74, 6) is -0.870. The maximum Gasteiger partial charge on any atom is 0.301 e. The Morgan fingerprint density at radius 1 is 1.03 bits per heavy atom. The van der Waals surface area contributed by atoms with Crippen molar-refractivity contribution in [2.75, 3.05) is 12.0 Å². The molecule has 0 bridgehead atoms. The molecule has 2 heterocycles. The van der Waals surface area contributed by atoms with Crippen LogP contribution in [0.4, 0.5) is 5.82 Å². The molecule has 2 aromatic carbocycles. The average molecular weight is 421 g/mol. The average Bonchev–Trinajstić information content (AvgIpc) is 3.05. The first-order valence-electron chi connectivity index (χ1n) is 9.13. The van der Waals surface area contributed by atoms with E-state index in [0.29, 0.717) is 27.7 Å². The van der Waals surface area contributed by atoms with Crippen LogP contribution in [0.2, 0.25) is 5.02 Å². The third kappa shape index (κ3) is 3.42. The largest absolute Gasteiger partial charge is 0.507 e. The van der Waals surface area contributed by atoms with Crippen LogP contribution in [0.15, 0.2) is 78.5 Å². The van der Waals surface area contributed by atoms with Crippen LogP contribution in [0.25, 0.3) is 5.76 Å². The number of nitrogens with zero attached hydrogens (tertiary/aromatic N) is 2. The van der Waals surface area contributed by atoms with Gasteiger partial charge in [-0.1, -0.05) is 29.8 Å². The molecule has 4 rings (SSSR count). The number of rotatable bonds is 4. The molecule has 7 heteroatoms. The summed E-state index contributed by atoms with van der Waals surface area (Å²) in [4.78, 5) is 31.5. The Labute approximate surface area is 178 Å². The van der Waals surface area contributed by atoms with Crippen molar-refractivity contribution < 1.29 is 19.4 Å². The summed E-state index contributed by atoms with van der Waals surface area (Å²) < 4.78 is 5.21. The van der Waals surface area contributed by atoms with E-state index in [0.717, 1.165) is 0 Å². The van der Waals surface area contributed by atoms with Crippen LogP contribution < -0.4 is 9.64 Å². The van der Waals surface area contributed by atoms with Gasteiger partial charge in [-0.15, -0.1) is 0 Å². The first-order chi connectivity index (χ1) is 14.5. The molecule has 0 radical (unpaired) electrons. The Bertz CT molecular complexity index is 1130. The third-order valence-electron chi connectivity index (χ3n) is 4.89. The van der Waals surface area contributed by atoms with Crippen molar-refractivity contribution in [1.29, 1.82) is 0 Å². The topological polar surface area (TPSA) is 79.7 Å². The number of carbonyl (C=O) groups is 2. The Morgan fingerprint density at radius 2 is 1.73 bits per heavy atom. The fraction of sp³-hybridized carbons (Fsp3) is 0.0870. The first-order valence-corrected chi connectivity index (χ1v) is 9.51. The van der Waals surface area contributed by atoms with Gasteiger partial charge in [0.25, 0.3) is 5.78 Å². The molecule has 0 saturated carbocycles. The van der Waals surface area contributed by atoms with Crippen LogP contribution in [0, 0.1) is 0 Å². The molecule has 1 aliphatic heterocycles. The molecule has 1 N–H and O–H groups in total. The SMILES string of the molecule is COc1ccc(C2C(=C(O)c3ccc(Cl)cc3)C(=O)C(=O)N2c2ccccn2)cc1.